The number of anilines is 1. The molecule has 2 amide bonds. The van der Waals surface area contributed by atoms with Crippen LogP contribution in [0.5, 0.6) is 0 Å². The Morgan fingerprint density at radius 1 is 0.727 bits per heavy atom. The molecule has 4 aromatic rings. The molecular formula is C28H23BrN2O2. The number of halogens is 1. The van der Waals surface area contributed by atoms with Crippen molar-refractivity contribution in [3.8, 4) is 0 Å². The summed E-state index contributed by atoms with van der Waals surface area (Å²) in [6, 6.07) is 34.7. The van der Waals surface area contributed by atoms with Crippen molar-refractivity contribution >= 4 is 33.4 Å². The summed E-state index contributed by atoms with van der Waals surface area (Å²) in [5, 5.41) is 2.99. The molecule has 4 nitrogen and oxygen atoms in total. The second-order valence-electron chi connectivity index (χ2n) is 7.59. The molecule has 0 aliphatic carbocycles. The lowest BCUT2D eigenvalue weighted by atomic mass is 10.0. The normalized spacial score (nSPS) is 11.4. The summed E-state index contributed by atoms with van der Waals surface area (Å²) in [6.07, 6.45) is 0. The van der Waals surface area contributed by atoms with Crippen LogP contribution in [-0.2, 0) is 11.3 Å². The fourth-order valence-corrected chi connectivity index (χ4v) is 3.92. The second kappa shape index (κ2) is 10.7. The molecule has 0 bridgehead atoms. The average molecular weight is 499 g/mol. The third-order valence-corrected chi connectivity index (χ3v) is 5.79. The van der Waals surface area contributed by atoms with Crippen LogP contribution in [0.4, 0.5) is 5.69 Å². The summed E-state index contributed by atoms with van der Waals surface area (Å²) in [4.78, 5) is 29.0. The largest absolute Gasteiger partial charge is 0.324 e. The number of nitrogens with one attached hydrogen (secondary N) is 1. The summed E-state index contributed by atoms with van der Waals surface area (Å²) >= 11 is 3.42. The lowest BCUT2D eigenvalue weighted by molar-refractivity contribution is -0.121. The van der Waals surface area contributed by atoms with Crippen molar-refractivity contribution < 1.29 is 9.59 Å². The van der Waals surface area contributed by atoms with Gasteiger partial charge in [0.1, 0.15) is 6.04 Å². The molecule has 1 N–H and O–H groups in total. The molecule has 1 atom stereocenters. The maximum absolute atomic E-state index is 13.7. The Bertz CT molecular complexity index is 1200. The Morgan fingerprint density at radius 2 is 1.27 bits per heavy atom. The van der Waals surface area contributed by atoms with Crippen molar-refractivity contribution in [3.63, 3.8) is 0 Å². The van der Waals surface area contributed by atoms with Crippen LogP contribution >= 0.6 is 15.9 Å². The minimum Gasteiger partial charge on any atom is -0.324 e. The van der Waals surface area contributed by atoms with E-state index >= 15 is 0 Å². The van der Waals surface area contributed by atoms with E-state index in [-0.39, 0.29) is 11.8 Å². The van der Waals surface area contributed by atoms with Gasteiger partial charge in [0.05, 0.1) is 0 Å². The molecular weight excluding hydrogens is 476 g/mol. The molecule has 0 saturated carbocycles. The first kappa shape index (κ1) is 22.5. The molecule has 0 fully saturated rings. The van der Waals surface area contributed by atoms with E-state index in [9.17, 15) is 9.59 Å². The van der Waals surface area contributed by atoms with E-state index < -0.39 is 6.04 Å². The summed E-state index contributed by atoms with van der Waals surface area (Å²) in [6.45, 7) is 0.294. The zero-order valence-corrected chi connectivity index (χ0v) is 19.5. The van der Waals surface area contributed by atoms with Crippen molar-refractivity contribution in [1.82, 2.24) is 4.90 Å². The van der Waals surface area contributed by atoms with E-state index in [2.05, 4.69) is 21.2 Å². The minimum absolute atomic E-state index is 0.209. The molecule has 164 valence electrons. The Labute approximate surface area is 202 Å². The number of hydrogen-bond donors (Lipinski definition) is 1. The standard InChI is InChI=1S/C28H23BrN2O2/c29-24-16-18-25(19-17-24)30-27(32)26(22-12-6-2-7-13-22)31(20-21-10-4-1-5-11-21)28(33)23-14-8-3-9-15-23/h1-19,26H,20H2,(H,30,32). The predicted molar refractivity (Wildman–Crippen MR) is 135 cm³/mol. The van der Waals surface area contributed by atoms with Crippen molar-refractivity contribution in [2.45, 2.75) is 12.6 Å². The fourth-order valence-electron chi connectivity index (χ4n) is 3.66. The highest BCUT2D eigenvalue weighted by molar-refractivity contribution is 9.10. The third-order valence-electron chi connectivity index (χ3n) is 5.26. The molecule has 33 heavy (non-hydrogen) atoms. The van der Waals surface area contributed by atoms with Crippen molar-refractivity contribution in [2.24, 2.45) is 0 Å². The summed E-state index contributed by atoms with van der Waals surface area (Å²) in [5.41, 5.74) is 2.88. The molecule has 1 unspecified atom stereocenters. The highest BCUT2D eigenvalue weighted by Gasteiger charge is 2.32. The zero-order valence-electron chi connectivity index (χ0n) is 17.9. The third kappa shape index (κ3) is 5.76. The molecule has 0 aliphatic rings. The van der Waals surface area contributed by atoms with E-state index in [1.807, 2.05) is 103 Å². The summed E-state index contributed by atoms with van der Waals surface area (Å²) in [7, 11) is 0. The minimum atomic E-state index is -0.817. The molecule has 0 spiro atoms. The molecule has 0 radical (unpaired) electrons. The van der Waals surface area contributed by atoms with Gasteiger partial charge in [0.15, 0.2) is 0 Å². The quantitative estimate of drug-likeness (QED) is 0.317. The Balaban J connectivity index is 1.75. The number of hydrogen-bond acceptors (Lipinski definition) is 2. The number of amides is 2. The second-order valence-corrected chi connectivity index (χ2v) is 8.51. The van der Waals surface area contributed by atoms with Crippen LogP contribution in [-0.4, -0.2) is 16.7 Å². The topological polar surface area (TPSA) is 49.4 Å². The van der Waals surface area contributed by atoms with Gasteiger partial charge in [0, 0.05) is 22.3 Å². The number of nitrogens with zero attached hydrogens (tertiary/aromatic N) is 1. The van der Waals surface area contributed by atoms with Crippen LogP contribution in [0.15, 0.2) is 120 Å². The van der Waals surface area contributed by atoms with E-state index in [1.54, 1.807) is 17.0 Å². The average Bonchev–Trinajstić information content (AvgIpc) is 2.86. The highest BCUT2D eigenvalue weighted by atomic mass is 79.9. The first-order valence-electron chi connectivity index (χ1n) is 10.6. The van der Waals surface area contributed by atoms with Gasteiger partial charge in [-0.2, -0.15) is 0 Å². The molecule has 4 rings (SSSR count). The Morgan fingerprint density at radius 3 is 1.88 bits per heavy atom. The monoisotopic (exact) mass is 498 g/mol. The van der Waals surface area contributed by atoms with Crippen LogP contribution in [0.2, 0.25) is 0 Å². The van der Waals surface area contributed by atoms with Gasteiger partial charge >= 0.3 is 0 Å². The smallest absolute Gasteiger partial charge is 0.255 e. The van der Waals surface area contributed by atoms with Gasteiger partial charge in [-0.3, -0.25) is 9.59 Å². The molecule has 4 aromatic carbocycles. The van der Waals surface area contributed by atoms with Gasteiger partial charge in [0.25, 0.3) is 11.8 Å². The zero-order chi connectivity index (χ0) is 23.0. The van der Waals surface area contributed by atoms with Crippen LogP contribution in [0.1, 0.15) is 27.5 Å². The van der Waals surface area contributed by atoms with Crippen LogP contribution in [0, 0.1) is 0 Å². The maximum atomic E-state index is 13.7. The fraction of sp³-hybridized carbons (Fsp3) is 0.0714. The lowest BCUT2D eigenvalue weighted by Gasteiger charge is -2.31. The van der Waals surface area contributed by atoms with E-state index in [1.165, 1.54) is 0 Å². The first-order valence-corrected chi connectivity index (χ1v) is 11.4. The van der Waals surface area contributed by atoms with Crippen molar-refractivity contribution in [3.05, 3.63) is 136 Å². The van der Waals surface area contributed by atoms with Crippen molar-refractivity contribution in [2.75, 3.05) is 5.32 Å². The SMILES string of the molecule is O=C(Nc1ccc(Br)cc1)C(c1ccccc1)N(Cc1ccccc1)C(=O)c1ccccc1. The van der Waals surface area contributed by atoms with Gasteiger partial charge in [-0.25, -0.2) is 0 Å². The number of rotatable bonds is 7. The maximum Gasteiger partial charge on any atom is 0.255 e. The number of benzene rings is 4. The molecule has 0 aromatic heterocycles. The van der Waals surface area contributed by atoms with Gasteiger partial charge in [-0.1, -0.05) is 94.8 Å². The van der Waals surface area contributed by atoms with Gasteiger partial charge in [-0.15, -0.1) is 0 Å². The molecule has 0 aliphatic heterocycles. The number of carbonyl (C=O) groups is 2. The van der Waals surface area contributed by atoms with Crippen LogP contribution in [0.25, 0.3) is 0 Å². The van der Waals surface area contributed by atoms with Gasteiger partial charge in [0.2, 0.25) is 0 Å². The molecule has 0 saturated heterocycles. The van der Waals surface area contributed by atoms with Gasteiger partial charge < -0.3 is 10.2 Å². The van der Waals surface area contributed by atoms with E-state index in [4.69, 9.17) is 0 Å². The lowest BCUT2D eigenvalue weighted by Crippen LogP contribution is -2.41. The van der Waals surface area contributed by atoms with Crippen LogP contribution < -0.4 is 5.32 Å². The molecule has 0 heterocycles. The summed E-state index contributed by atoms with van der Waals surface area (Å²) < 4.78 is 0.921. The Kier molecular flexibility index (Phi) is 7.33. The van der Waals surface area contributed by atoms with E-state index in [0.29, 0.717) is 17.8 Å². The summed E-state index contributed by atoms with van der Waals surface area (Å²) in [5.74, 6) is -0.483. The molecule has 5 heteroatoms. The Hall–Kier alpha value is -3.70. The number of carbonyl (C=O) groups excluding carboxylic acids is 2. The first-order chi connectivity index (χ1) is 16.1. The van der Waals surface area contributed by atoms with Crippen LogP contribution in [0.3, 0.4) is 0 Å². The van der Waals surface area contributed by atoms with E-state index in [0.717, 1.165) is 15.6 Å². The highest BCUT2D eigenvalue weighted by Crippen LogP contribution is 2.27. The predicted octanol–water partition coefficient (Wildman–Crippen LogP) is 6.47. The van der Waals surface area contributed by atoms with Crippen molar-refractivity contribution in [1.29, 1.82) is 0 Å². The van der Waals surface area contributed by atoms with Gasteiger partial charge in [-0.05, 0) is 47.5 Å².